The molecule has 0 bridgehead atoms. The van der Waals surface area contributed by atoms with Gasteiger partial charge in [0.2, 0.25) is 0 Å². The van der Waals surface area contributed by atoms with Gasteiger partial charge in [0.25, 0.3) is 0 Å². The molecule has 2 N–H and O–H groups in total. The summed E-state index contributed by atoms with van der Waals surface area (Å²) >= 11 is 0. The van der Waals surface area contributed by atoms with Crippen LogP contribution in [0.3, 0.4) is 0 Å². The molecule has 0 saturated heterocycles. The van der Waals surface area contributed by atoms with Crippen LogP contribution in [0, 0.1) is 5.41 Å². The Morgan fingerprint density at radius 2 is 2.00 bits per heavy atom. The van der Waals surface area contributed by atoms with Crippen molar-refractivity contribution in [2.45, 2.75) is 6.92 Å². The number of nitrogens with zero attached hydrogens (tertiary/aromatic N) is 2. The van der Waals surface area contributed by atoms with Gasteiger partial charge in [0, 0.05) is 23.7 Å². The van der Waals surface area contributed by atoms with E-state index in [1.165, 1.54) is 6.21 Å². The number of nitrogens with one attached hydrogen (secondary N) is 2. The molecule has 0 radical (unpaired) electrons. The standard InChI is InChI=1S/C15H16N4/c1-4-19-12(3)15(14(10-16)11(2)18-19)17-13-8-6-5-7-9-13/h4-10,16-17H,1,3H2,2H3. The van der Waals surface area contributed by atoms with Crippen molar-refractivity contribution < 1.29 is 0 Å². The van der Waals surface area contributed by atoms with Gasteiger partial charge in [0.05, 0.1) is 17.1 Å². The zero-order chi connectivity index (χ0) is 13.8. The second kappa shape index (κ2) is 5.35. The van der Waals surface area contributed by atoms with Crippen molar-refractivity contribution >= 4 is 17.6 Å². The van der Waals surface area contributed by atoms with Gasteiger partial charge in [-0.3, -0.25) is 0 Å². The van der Waals surface area contributed by atoms with E-state index in [1.54, 1.807) is 11.2 Å². The molecule has 1 aromatic rings. The molecule has 19 heavy (non-hydrogen) atoms. The highest BCUT2D eigenvalue weighted by Crippen LogP contribution is 2.25. The Labute approximate surface area is 113 Å². The molecule has 0 fully saturated rings. The van der Waals surface area contributed by atoms with Gasteiger partial charge in [-0.25, -0.2) is 5.01 Å². The zero-order valence-corrected chi connectivity index (χ0v) is 10.9. The normalized spacial score (nSPS) is 15.1. The monoisotopic (exact) mass is 252 g/mol. The molecular weight excluding hydrogens is 236 g/mol. The molecule has 0 amide bonds. The van der Waals surface area contributed by atoms with Gasteiger partial charge in [-0.2, -0.15) is 5.10 Å². The smallest absolute Gasteiger partial charge is 0.0816 e. The number of hydrogen-bond acceptors (Lipinski definition) is 4. The Morgan fingerprint density at radius 3 is 2.58 bits per heavy atom. The molecular formula is C15H16N4. The Bertz CT molecular complexity index is 581. The van der Waals surface area contributed by atoms with E-state index in [9.17, 15) is 0 Å². The van der Waals surface area contributed by atoms with Gasteiger partial charge in [0.1, 0.15) is 0 Å². The Morgan fingerprint density at radius 1 is 1.32 bits per heavy atom. The second-order valence-electron chi connectivity index (χ2n) is 4.08. The lowest BCUT2D eigenvalue weighted by Crippen LogP contribution is -2.25. The van der Waals surface area contributed by atoms with E-state index in [0.29, 0.717) is 5.70 Å². The van der Waals surface area contributed by atoms with Crippen molar-refractivity contribution in [1.82, 2.24) is 5.01 Å². The van der Waals surface area contributed by atoms with E-state index in [2.05, 4.69) is 23.6 Å². The molecule has 1 aliphatic heterocycles. The van der Waals surface area contributed by atoms with Crippen LogP contribution in [-0.2, 0) is 0 Å². The fourth-order valence-corrected chi connectivity index (χ4v) is 1.86. The van der Waals surface area contributed by atoms with Crippen molar-refractivity contribution in [1.29, 1.82) is 5.41 Å². The highest BCUT2D eigenvalue weighted by molar-refractivity contribution is 6.16. The summed E-state index contributed by atoms with van der Waals surface area (Å²) < 4.78 is 0. The minimum atomic E-state index is 0.669. The molecule has 0 aliphatic carbocycles. The van der Waals surface area contributed by atoms with Crippen molar-refractivity contribution in [2.75, 3.05) is 5.32 Å². The first-order chi connectivity index (χ1) is 9.17. The molecule has 1 aromatic carbocycles. The largest absolute Gasteiger partial charge is 0.353 e. The first-order valence-corrected chi connectivity index (χ1v) is 5.91. The van der Waals surface area contributed by atoms with Crippen LogP contribution < -0.4 is 5.32 Å². The number of hydrazone groups is 1. The number of anilines is 1. The van der Waals surface area contributed by atoms with Crippen molar-refractivity contribution in [3.8, 4) is 0 Å². The lowest BCUT2D eigenvalue weighted by atomic mass is 10.1. The molecule has 0 spiro atoms. The van der Waals surface area contributed by atoms with Crippen molar-refractivity contribution in [3.63, 3.8) is 0 Å². The summed E-state index contributed by atoms with van der Waals surface area (Å²) in [6, 6.07) is 9.77. The summed E-state index contributed by atoms with van der Waals surface area (Å²) in [5, 5.41) is 16.7. The lowest BCUT2D eigenvalue weighted by molar-refractivity contribution is 0.505. The van der Waals surface area contributed by atoms with E-state index in [-0.39, 0.29) is 0 Å². The van der Waals surface area contributed by atoms with Gasteiger partial charge < -0.3 is 10.7 Å². The summed E-state index contributed by atoms with van der Waals surface area (Å²) in [5.74, 6) is 0. The Kier molecular flexibility index (Phi) is 3.61. The third-order valence-corrected chi connectivity index (χ3v) is 2.84. The Hall–Kier alpha value is -2.62. The predicted molar refractivity (Wildman–Crippen MR) is 80.2 cm³/mol. The molecule has 4 nitrogen and oxygen atoms in total. The van der Waals surface area contributed by atoms with Crippen LogP contribution in [0.1, 0.15) is 6.92 Å². The van der Waals surface area contributed by atoms with Crippen LogP contribution in [-0.4, -0.2) is 16.9 Å². The molecule has 4 heteroatoms. The summed E-state index contributed by atoms with van der Waals surface area (Å²) in [5.41, 5.74) is 3.86. The van der Waals surface area contributed by atoms with E-state index < -0.39 is 0 Å². The molecule has 1 aliphatic rings. The fourth-order valence-electron chi connectivity index (χ4n) is 1.86. The van der Waals surface area contributed by atoms with Gasteiger partial charge >= 0.3 is 0 Å². The van der Waals surface area contributed by atoms with E-state index >= 15 is 0 Å². The van der Waals surface area contributed by atoms with Crippen molar-refractivity contribution in [2.24, 2.45) is 5.10 Å². The SMILES string of the molecule is C=CN1N=C(C)C(C=N)=C(Nc2ccccc2)C1=C. The molecule has 0 saturated carbocycles. The van der Waals surface area contributed by atoms with Crippen LogP contribution in [0.4, 0.5) is 5.69 Å². The van der Waals surface area contributed by atoms with Crippen LogP contribution in [0.2, 0.25) is 0 Å². The molecule has 0 aromatic heterocycles. The number of allylic oxidation sites excluding steroid dienone is 1. The van der Waals surface area contributed by atoms with E-state index in [0.717, 1.165) is 22.7 Å². The van der Waals surface area contributed by atoms with Crippen LogP contribution in [0.5, 0.6) is 0 Å². The maximum atomic E-state index is 7.55. The second-order valence-corrected chi connectivity index (χ2v) is 4.08. The van der Waals surface area contributed by atoms with E-state index in [4.69, 9.17) is 5.41 Å². The first kappa shape index (κ1) is 12.8. The highest BCUT2D eigenvalue weighted by Gasteiger charge is 2.20. The zero-order valence-electron chi connectivity index (χ0n) is 10.9. The molecule has 0 atom stereocenters. The predicted octanol–water partition coefficient (Wildman–Crippen LogP) is 3.35. The summed E-state index contributed by atoms with van der Waals surface area (Å²) in [4.78, 5) is 0. The first-order valence-electron chi connectivity index (χ1n) is 5.91. The van der Waals surface area contributed by atoms with Gasteiger partial charge in [-0.05, 0) is 19.1 Å². The number of para-hydroxylation sites is 1. The van der Waals surface area contributed by atoms with Gasteiger partial charge in [0.15, 0.2) is 0 Å². The number of rotatable bonds is 4. The number of benzene rings is 1. The quantitative estimate of drug-likeness (QED) is 0.807. The van der Waals surface area contributed by atoms with Crippen LogP contribution >= 0.6 is 0 Å². The third kappa shape index (κ3) is 2.47. The molecule has 96 valence electrons. The minimum absolute atomic E-state index is 0.669. The lowest BCUT2D eigenvalue weighted by Gasteiger charge is -2.27. The maximum absolute atomic E-state index is 7.55. The van der Waals surface area contributed by atoms with E-state index in [1.807, 2.05) is 37.3 Å². The maximum Gasteiger partial charge on any atom is 0.0816 e. The topological polar surface area (TPSA) is 51.5 Å². The molecule has 1 heterocycles. The van der Waals surface area contributed by atoms with Crippen LogP contribution in [0.15, 0.2) is 71.8 Å². The minimum Gasteiger partial charge on any atom is -0.353 e. The highest BCUT2D eigenvalue weighted by atomic mass is 15.5. The average Bonchev–Trinajstić information content (AvgIpc) is 2.44. The summed E-state index contributed by atoms with van der Waals surface area (Å²) in [6.45, 7) is 9.57. The number of hydrogen-bond donors (Lipinski definition) is 2. The third-order valence-electron chi connectivity index (χ3n) is 2.84. The fraction of sp³-hybridized carbons (Fsp3) is 0.0667. The average molecular weight is 252 g/mol. The van der Waals surface area contributed by atoms with Crippen LogP contribution in [0.25, 0.3) is 0 Å². The van der Waals surface area contributed by atoms with Gasteiger partial charge in [-0.15, -0.1) is 0 Å². The molecule has 0 unspecified atom stereocenters. The van der Waals surface area contributed by atoms with Gasteiger partial charge in [-0.1, -0.05) is 31.4 Å². The van der Waals surface area contributed by atoms with Crippen molar-refractivity contribution in [3.05, 3.63) is 66.7 Å². The summed E-state index contributed by atoms with van der Waals surface area (Å²) in [7, 11) is 0. The summed E-state index contributed by atoms with van der Waals surface area (Å²) in [6.07, 6.45) is 2.88. The Balaban J connectivity index is 2.43. The molecule has 2 rings (SSSR count).